The van der Waals surface area contributed by atoms with Crippen molar-refractivity contribution in [3.05, 3.63) is 24.0 Å². The maximum Gasteiger partial charge on any atom is 0.0794 e. The molecule has 0 saturated heterocycles. The van der Waals surface area contributed by atoms with Crippen LogP contribution in [0.1, 0.15) is 33.6 Å². The Morgan fingerprint density at radius 3 is 2.55 bits per heavy atom. The fraction of sp³-hybridized carbons (Fsp3) is 0.600. The quantitative estimate of drug-likeness (QED) is 0.486. The van der Waals surface area contributed by atoms with Gasteiger partial charge in [-0.15, -0.1) is 0 Å². The Morgan fingerprint density at radius 1 is 1.45 bits per heavy atom. The molecule has 0 aromatic heterocycles. The standard InChI is InChI=1S/C10H18O/c1-9(2)5-4-6-10(3)7-8-11/h6-9,11H,4-5H2,1-3H3/b8-7?,10-6+. The van der Waals surface area contributed by atoms with Crippen LogP contribution in [0.15, 0.2) is 24.0 Å². The van der Waals surface area contributed by atoms with Crippen LogP contribution in [0.3, 0.4) is 0 Å². The molecule has 0 aromatic carbocycles. The number of rotatable bonds is 4. The van der Waals surface area contributed by atoms with Gasteiger partial charge in [-0.25, -0.2) is 0 Å². The zero-order chi connectivity index (χ0) is 8.69. The minimum absolute atomic E-state index is 0.761. The lowest BCUT2D eigenvalue weighted by atomic mass is 10.1. The molecule has 0 amide bonds. The number of aliphatic hydroxyl groups excluding tert-OH is 1. The summed E-state index contributed by atoms with van der Waals surface area (Å²) in [7, 11) is 0. The second-order valence-electron chi connectivity index (χ2n) is 3.24. The van der Waals surface area contributed by atoms with Crippen LogP contribution < -0.4 is 0 Å². The van der Waals surface area contributed by atoms with Crippen molar-refractivity contribution < 1.29 is 5.11 Å². The Hall–Kier alpha value is -0.720. The molecular weight excluding hydrogens is 136 g/mol. The smallest absolute Gasteiger partial charge is 0.0794 e. The van der Waals surface area contributed by atoms with Crippen molar-refractivity contribution in [3.8, 4) is 0 Å². The van der Waals surface area contributed by atoms with Crippen molar-refractivity contribution in [2.75, 3.05) is 0 Å². The van der Waals surface area contributed by atoms with Gasteiger partial charge in [0, 0.05) is 0 Å². The van der Waals surface area contributed by atoms with E-state index in [1.165, 1.54) is 6.42 Å². The van der Waals surface area contributed by atoms with Gasteiger partial charge in [-0.05, 0) is 31.8 Å². The van der Waals surface area contributed by atoms with Crippen molar-refractivity contribution in [2.24, 2.45) is 5.92 Å². The first kappa shape index (κ1) is 10.3. The maximum absolute atomic E-state index is 8.42. The van der Waals surface area contributed by atoms with E-state index in [-0.39, 0.29) is 0 Å². The lowest BCUT2D eigenvalue weighted by Gasteiger charge is -1.99. The van der Waals surface area contributed by atoms with E-state index >= 15 is 0 Å². The van der Waals surface area contributed by atoms with E-state index in [9.17, 15) is 0 Å². The highest BCUT2D eigenvalue weighted by molar-refractivity contribution is 5.13. The molecule has 1 N–H and O–H groups in total. The molecule has 0 radical (unpaired) electrons. The van der Waals surface area contributed by atoms with E-state index in [0.29, 0.717) is 0 Å². The second kappa shape index (κ2) is 6.02. The highest BCUT2D eigenvalue weighted by Crippen LogP contribution is 2.06. The minimum Gasteiger partial charge on any atom is -0.516 e. The first-order valence-electron chi connectivity index (χ1n) is 4.14. The molecule has 0 bridgehead atoms. The molecule has 0 fully saturated rings. The summed E-state index contributed by atoms with van der Waals surface area (Å²) in [6.45, 7) is 6.42. The third-order valence-corrected chi connectivity index (χ3v) is 1.55. The number of hydrogen-bond donors (Lipinski definition) is 1. The fourth-order valence-corrected chi connectivity index (χ4v) is 0.830. The SMILES string of the molecule is C/C(C=CO)=C\CCC(C)C. The van der Waals surface area contributed by atoms with E-state index in [0.717, 1.165) is 24.2 Å². The average molecular weight is 154 g/mol. The van der Waals surface area contributed by atoms with Crippen molar-refractivity contribution in [1.29, 1.82) is 0 Å². The summed E-state index contributed by atoms with van der Waals surface area (Å²) in [5.41, 5.74) is 1.13. The average Bonchev–Trinajstić information content (AvgIpc) is 1.87. The van der Waals surface area contributed by atoms with Crippen LogP contribution in [0.4, 0.5) is 0 Å². The summed E-state index contributed by atoms with van der Waals surface area (Å²) in [4.78, 5) is 0. The van der Waals surface area contributed by atoms with Crippen LogP contribution in [0.25, 0.3) is 0 Å². The van der Waals surface area contributed by atoms with Gasteiger partial charge in [0.05, 0.1) is 6.26 Å². The Kier molecular flexibility index (Phi) is 5.63. The van der Waals surface area contributed by atoms with Gasteiger partial charge in [0.25, 0.3) is 0 Å². The van der Waals surface area contributed by atoms with Gasteiger partial charge in [0.2, 0.25) is 0 Å². The molecule has 0 aliphatic carbocycles. The zero-order valence-corrected chi connectivity index (χ0v) is 7.67. The predicted molar refractivity (Wildman–Crippen MR) is 49.6 cm³/mol. The summed E-state index contributed by atoms with van der Waals surface area (Å²) in [5.74, 6) is 0.761. The van der Waals surface area contributed by atoms with Gasteiger partial charge in [-0.3, -0.25) is 0 Å². The van der Waals surface area contributed by atoms with Crippen LogP contribution >= 0.6 is 0 Å². The van der Waals surface area contributed by atoms with E-state index in [4.69, 9.17) is 5.11 Å². The van der Waals surface area contributed by atoms with Crippen LogP contribution in [-0.2, 0) is 0 Å². The van der Waals surface area contributed by atoms with E-state index in [2.05, 4.69) is 19.9 Å². The molecule has 0 aromatic rings. The van der Waals surface area contributed by atoms with E-state index in [1.54, 1.807) is 6.08 Å². The molecule has 0 rings (SSSR count). The van der Waals surface area contributed by atoms with Crippen molar-refractivity contribution in [1.82, 2.24) is 0 Å². The molecule has 0 aliphatic heterocycles. The summed E-state index contributed by atoms with van der Waals surface area (Å²) >= 11 is 0. The Labute approximate surface area is 69.4 Å². The van der Waals surface area contributed by atoms with Crippen molar-refractivity contribution in [3.63, 3.8) is 0 Å². The molecule has 0 atom stereocenters. The van der Waals surface area contributed by atoms with Crippen LogP contribution in [0.5, 0.6) is 0 Å². The Bertz CT molecular complexity index is 143. The molecular formula is C10H18O. The monoisotopic (exact) mass is 154 g/mol. The summed E-state index contributed by atoms with van der Waals surface area (Å²) in [5, 5.41) is 8.42. The number of aliphatic hydroxyl groups is 1. The third-order valence-electron chi connectivity index (χ3n) is 1.55. The molecule has 0 aliphatic rings. The largest absolute Gasteiger partial charge is 0.516 e. The lowest BCUT2D eigenvalue weighted by Crippen LogP contribution is -1.84. The second-order valence-corrected chi connectivity index (χ2v) is 3.24. The highest BCUT2D eigenvalue weighted by atomic mass is 16.2. The van der Waals surface area contributed by atoms with Gasteiger partial charge < -0.3 is 5.11 Å². The molecule has 0 spiro atoms. The zero-order valence-electron chi connectivity index (χ0n) is 7.67. The fourth-order valence-electron chi connectivity index (χ4n) is 0.830. The third kappa shape index (κ3) is 7.17. The van der Waals surface area contributed by atoms with Gasteiger partial charge in [0.15, 0.2) is 0 Å². The number of hydrogen-bond acceptors (Lipinski definition) is 1. The molecule has 1 nitrogen and oxygen atoms in total. The van der Waals surface area contributed by atoms with E-state index in [1.807, 2.05) is 6.92 Å². The van der Waals surface area contributed by atoms with Crippen molar-refractivity contribution >= 4 is 0 Å². The maximum atomic E-state index is 8.42. The first-order chi connectivity index (χ1) is 5.16. The van der Waals surface area contributed by atoms with Gasteiger partial charge in [-0.2, -0.15) is 0 Å². The molecule has 0 heterocycles. The molecule has 0 unspecified atom stereocenters. The minimum atomic E-state index is 0.761. The van der Waals surface area contributed by atoms with Crippen LogP contribution in [0.2, 0.25) is 0 Å². The first-order valence-corrected chi connectivity index (χ1v) is 4.14. The number of allylic oxidation sites excluding steroid dienone is 3. The molecule has 1 heteroatoms. The summed E-state index contributed by atoms with van der Waals surface area (Å²) in [6, 6.07) is 0. The van der Waals surface area contributed by atoms with Crippen LogP contribution in [0, 0.1) is 5.92 Å². The molecule has 0 saturated carbocycles. The van der Waals surface area contributed by atoms with Gasteiger partial charge >= 0.3 is 0 Å². The predicted octanol–water partition coefficient (Wildman–Crippen LogP) is 3.44. The Balaban J connectivity index is 3.56. The van der Waals surface area contributed by atoms with Crippen molar-refractivity contribution in [2.45, 2.75) is 33.6 Å². The lowest BCUT2D eigenvalue weighted by molar-refractivity contribution is 0.473. The normalized spacial score (nSPS) is 13.3. The highest BCUT2D eigenvalue weighted by Gasteiger charge is 1.90. The summed E-state index contributed by atoms with van der Waals surface area (Å²) < 4.78 is 0. The molecule has 11 heavy (non-hydrogen) atoms. The van der Waals surface area contributed by atoms with E-state index < -0.39 is 0 Å². The topological polar surface area (TPSA) is 20.2 Å². The Morgan fingerprint density at radius 2 is 2.09 bits per heavy atom. The molecule has 64 valence electrons. The van der Waals surface area contributed by atoms with Gasteiger partial charge in [-0.1, -0.05) is 25.5 Å². The van der Waals surface area contributed by atoms with Gasteiger partial charge in [0.1, 0.15) is 0 Å². The van der Waals surface area contributed by atoms with Crippen LogP contribution in [-0.4, -0.2) is 5.11 Å². The summed E-state index contributed by atoms with van der Waals surface area (Å²) in [6.07, 6.45) is 7.26.